The number of likely N-dealkylation sites (tertiary alicyclic amines) is 1. The summed E-state index contributed by atoms with van der Waals surface area (Å²) in [6, 6.07) is 13.0. The average molecular weight is 697 g/mol. The molecule has 3 saturated heterocycles. The van der Waals surface area contributed by atoms with Crippen molar-refractivity contribution in [1.29, 1.82) is 5.26 Å². The maximum atomic E-state index is 14.1. The molecule has 2 aromatic carbocycles. The number of nitriles is 1. The van der Waals surface area contributed by atoms with Crippen LogP contribution < -0.4 is 10.2 Å². The van der Waals surface area contributed by atoms with Crippen LogP contribution in [0.3, 0.4) is 0 Å². The highest BCUT2D eigenvalue weighted by Crippen LogP contribution is 2.44. The first-order valence-electron chi connectivity index (χ1n) is 17.0. The lowest BCUT2D eigenvalue weighted by atomic mass is 9.86. The minimum atomic E-state index is -0.453. The summed E-state index contributed by atoms with van der Waals surface area (Å²) in [7, 11) is 3.32. The van der Waals surface area contributed by atoms with Crippen LogP contribution in [0.25, 0.3) is 10.9 Å². The topological polar surface area (TPSA) is 120 Å². The molecular formula is C37H41FN8O3S. The third-order valence-electron chi connectivity index (χ3n) is 10.3. The fourth-order valence-corrected chi connectivity index (χ4v) is 8.57. The van der Waals surface area contributed by atoms with E-state index >= 15 is 0 Å². The number of morpholine rings is 1. The molecule has 0 aliphatic carbocycles. The predicted octanol–water partition coefficient (Wildman–Crippen LogP) is 4.61. The number of nitrogens with one attached hydrogen (secondary N) is 1. The third kappa shape index (κ3) is 6.80. The highest BCUT2D eigenvalue weighted by molar-refractivity contribution is 7.99. The van der Waals surface area contributed by atoms with Gasteiger partial charge in [-0.15, -0.1) is 0 Å². The number of nitrogens with zero attached hydrogens (tertiary/aromatic N) is 7. The van der Waals surface area contributed by atoms with Crippen LogP contribution in [0.1, 0.15) is 46.4 Å². The van der Waals surface area contributed by atoms with Crippen LogP contribution in [-0.4, -0.2) is 95.7 Å². The van der Waals surface area contributed by atoms with Gasteiger partial charge < -0.3 is 24.4 Å². The number of carbonyl (C=O) groups excluding carboxylic acids is 2. The number of hydrogen-bond donors (Lipinski definition) is 1. The lowest BCUT2D eigenvalue weighted by Crippen LogP contribution is -2.43. The highest BCUT2D eigenvalue weighted by Gasteiger charge is 2.44. The Labute approximate surface area is 295 Å². The molecule has 0 saturated carbocycles. The summed E-state index contributed by atoms with van der Waals surface area (Å²) in [4.78, 5) is 40.6. The Hall–Kier alpha value is -4.51. The number of benzene rings is 2. The van der Waals surface area contributed by atoms with Crippen LogP contribution in [0.2, 0.25) is 0 Å². The molecule has 1 N–H and O–H groups in total. The van der Waals surface area contributed by atoms with E-state index < -0.39 is 5.82 Å². The normalized spacial score (nSPS) is 20.8. The zero-order valence-corrected chi connectivity index (χ0v) is 29.4. The van der Waals surface area contributed by atoms with Gasteiger partial charge in [-0.05, 0) is 74.2 Å². The minimum absolute atomic E-state index is 0.0632. The first-order chi connectivity index (χ1) is 24.1. The fourth-order valence-electron chi connectivity index (χ4n) is 7.58. The molecule has 260 valence electrons. The number of carbonyl (C=O) groups is 2. The number of fused-ring (bicyclic) bond motifs is 1. The largest absolute Gasteiger partial charge is 0.367 e. The van der Waals surface area contributed by atoms with Gasteiger partial charge in [0.15, 0.2) is 5.82 Å². The molecule has 2 unspecified atom stereocenters. The van der Waals surface area contributed by atoms with Gasteiger partial charge in [-0.2, -0.15) is 5.26 Å². The van der Waals surface area contributed by atoms with Crippen molar-refractivity contribution in [3.63, 3.8) is 0 Å². The molecule has 3 fully saturated rings. The second-order valence-electron chi connectivity index (χ2n) is 13.9. The van der Waals surface area contributed by atoms with E-state index in [0.717, 1.165) is 62.3 Å². The number of amides is 2. The number of hydrogen-bond acceptors (Lipinski definition) is 9. The van der Waals surface area contributed by atoms with Crippen LogP contribution in [0.15, 0.2) is 58.7 Å². The van der Waals surface area contributed by atoms with Crippen LogP contribution >= 0.6 is 11.8 Å². The number of anilines is 1. The summed E-state index contributed by atoms with van der Waals surface area (Å²) in [5.41, 5.74) is 4.58. The molecular weight excluding hydrogens is 656 g/mol. The predicted molar refractivity (Wildman–Crippen MR) is 188 cm³/mol. The smallest absolute Gasteiger partial charge is 0.254 e. The van der Waals surface area contributed by atoms with Crippen molar-refractivity contribution in [1.82, 2.24) is 29.7 Å². The lowest BCUT2D eigenvalue weighted by molar-refractivity contribution is -0.133. The van der Waals surface area contributed by atoms with Gasteiger partial charge in [-0.25, -0.2) is 14.4 Å². The summed E-state index contributed by atoms with van der Waals surface area (Å²) in [5.74, 6) is -0.0121. The maximum absolute atomic E-state index is 14.1. The van der Waals surface area contributed by atoms with Crippen molar-refractivity contribution >= 4 is 40.3 Å². The van der Waals surface area contributed by atoms with E-state index in [9.17, 15) is 19.2 Å². The van der Waals surface area contributed by atoms with Crippen molar-refractivity contribution in [3.8, 4) is 6.07 Å². The van der Waals surface area contributed by atoms with Crippen molar-refractivity contribution in [2.75, 3.05) is 58.3 Å². The summed E-state index contributed by atoms with van der Waals surface area (Å²) >= 11 is 1.35. The van der Waals surface area contributed by atoms with Gasteiger partial charge in [0.1, 0.15) is 29.2 Å². The van der Waals surface area contributed by atoms with E-state index in [1.165, 1.54) is 39.9 Å². The molecule has 1 spiro atoms. The second kappa shape index (κ2) is 14.0. The number of ether oxygens (including phenoxy) is 1. The average Bonchev–Trinajstić information content (AvgIpc) is 3.83. The van der Waals surface area contributed by atoms with Gasteiger partial charge in [-0.3, -0.25) is 14.5 Å². The molecule has 2 amide bonds. The number of rotatable bonds is 9. The fraction of sp³-hybridized carbons (Fsp3) is 0.432. The highest BCUT2D eigenvalue weighted by atomic mass is 32.2. The summed E-state index contributed by atoms with van der Waals surface area (Å²) in [6.45, 7) is 7.91. The quantitative estimate of drug-likeness (QED) is 0.268. The summed E-state index contributed by atoms with van der Waals surface area (Å²) in [5, 5.41) is 14.6. The molecule has 3 aliphatic rings. The van der Waals surface area contributed by atoms with Crippen molar-refractivity contribution < 1.29 is 18.7 Å². The van der Waals surface area contributed by atoms with E-state index in [0.29, 0.717) is 40.7 Å². The van der Waals surface area contributed by atoms with E-state index in [2.05, 4.69) is 49.8 Å². The zero-order chi connectivity index (χ0) is 35.0. The Morgan fingerprint density at radius 1 is 1.16 bits per heavy atom. The number of halogens is 1. The van der Waals surface area contributed by atoms with Gasteiger partial charge >= 0.3 is 0 Å². The van der Waals surface area contributed by atoms with Crippen molar-refractivity contribution in [2.24, 2.45) is 5.41 Å². The van der Waals surface area contributed by atoms with E-state index in [1.807, 2.05) is 6.07 Å². The summed E-state index contributed by atoms with van der Waals surface area (Å²) < 4.78 is 21.9. The first kappa shape index (κ1) is 34.0. The van der Waals surface area contributed by atoms with Crippen LogP contribution in [0.4, 0.5) is 10.2 Å². The Bertz CT molecular complexity index is 1980. The van der Waals surface area contributed by atoms with Gasteiger partial charge in [0.25, 0.3) is 5.91 Å². The molecule has 3 aliphatic heterocycles. The molecule has 0 bridgehead atoms. The maximum Gasteiger partial charge on any atom is 0.254 e. The zero-order valence-electron chi connectivity index (χ0n) is 28.6. The van der Waals surface area contributed by atoms with Gasteiger partial charge in [0, 0.05) is 87.0 Å². The molecule has 2 aromatic heterocycles. The lowest BCUT2D eigenvalue weighted by Gasteiger charge is -2.26. The van der Waals surface area contributed by atoms with Crippen LogP contribution in [0, 0.1) is 29.5 Å². The van der Waals surface area contributed by atoms with E-state index in [1.54, 1.807) is 32.6 Å². The third-order valence-corrected chi connectivity index (χ3v) is 11.4. The van der Waals surface area contributed by atoms with Crippen LogP contribution in [0.5, 0.6) is 0 Å². The van der Waals surface area contributed by atoms with Crippen molar-refractivity contribution in [2.45, 2.75) is 55.3 Å². The Balaban J connectivity index is 1.03. The van der Waals surface area contributed by atoms with Gasteiger partial charge in [0.05, 0.1) is 11.7 Å². The summed E-state index contributed by atoms with van der Waals surface area (Å²) in [6.07, 6.45) is 6.15. The first-order valence-corrected chi connectivity index (χ1v) is 17.8. The molecule has 50 heavy (non-hydrogen) atoms. The molecule has 11 nitrogen and oxygen atoms in total. The van der Waals surface area contributed by atoms with Gasteiger partial charge in [0.2, 0.25) is 5.91 Å². The molecule has 4 aromatic rings. The Morgan fingerprint density at radius 2 is 1.98 bits per heavy atom. The van der Waals surface area contributed by atoms with Crippen LogP contribution in [-0.2, 0) is 22.6 Å². The molecule has 0 radical (unpaired) electrons. The van der Waals surface area contributed by atoms with E-state index in [4.69, 9.17) is 9.72 Å². The number of aryl methyl sites for hydroxylation is 2. The SMILES string of the molecule is Cc1c(CN2CCC3(CCN(c4nccnc4Sc4ccc(F)cc4C(=O)N(C)C)C3)C2)ccc2c1cc(C#N)n2CCC1CNC(=O)CO1. The molecule has 7 rings (SSSR count). The monoisotopic (exact) mass is 696 g/mol. The van der Waals surface area contributed by atoms with E-state index in [-0.39, 0.29) is 29.9 Å². The van der Waals surface area contributed by atoms with Gasteiger partial charge in [-0.1, -0.05) is 17.8 Å². The standard InChI is InChI=1S/C37H41FN8O3S/c1-24-25(4-6-31-29(24)17-27(18-39)46(31)13-8-28-19-42-33(47)21-49-28)20-44-14-9-37(22-44)10-15-45(23-37)34-35(41-12-11-40-34)50-32-7-5-26(38)16-30(32)36(48)43(2)3/h4-7,11-12,16-17,28H,8-10,13-15,19-23H2,1-3H3,(H,42,47). The Morgan fingerprint density at radius 3 is 2.76 bits per heavy atom. The molecule has 5 heterocycles. The Kier molecular flexibility index (Phi) is 9.52. The number of aromatic nitrogens is 3. The molecule has 2 atom stereocenters. The second-order valence-corrected chi connectivity index (χ2v) is 14.9. The minimum Gasteiger partial charge on any atom is -0.367 e. The molecule has 13 heteroatoms. The van der Waals surface area contributed by atoms with Crippen molar-refractivity contribution in [3.05, 3.63) is 77.0 Å².